The van der Waals surface area contributed by atoms with Crippen LogP contribution in [0.5, 0.6) is 11.5 Å². The summed E-state index contributed by atoms with van der Waals surface area (Å²) in [7, 11) is 0.335. The van der Waals surface area contributed by atoms with E-state index in [4.69, 9.17) is 9.47 Å². The smallest absolute Gasteiger partial charge is 0.274 e. The average Bonchev–Trinajstić information content (AvgIpc) is 3.30. The van der Waals surface area contributed by atoms with Crippen molar-refractivity contribution in [3.8, 4) is 22.8 Å². The third-order valence-electron chi connectivity index (χ3n) is 4.84. The van der Waals surface area contributed by atoms with Crippen LogP contribution in [0.4, 0.5) is 0 Å². The van der Waals surface area contributed by atoms with Crippen LogP contribution in [-0.2, 0) is 16.9 Å². The molecule has 138 valence electrons. The van der Waals surface area contributed by atoms with Crippen LogP contribution >= 0.6 is 0 Å². The van der Waals surface area contributed by atoms with E-state index in [2.05, 4.69) is 5.10 Å². The number of hydrogen-bond acceptors (Lipinski definition) is 6. The Hall–Kier alpha value is -2.55. The van der Waals surface area contributed by atoms with Crippen LogP contribution in [0.2, 0.25) is 0 Å². The molecule has 1 amide bonds. The third-order valence-corrected chi connectivity index (χ3v) is 6.59. The second-order valence-electron chi connectivity index (χ2n) is 6.58. The Bertz CT molecular complexity index is 982. The van der Waals surface area contributed by atoms with Crippen LogP contribution in [0.1, 0.15) is 16.9 Å². The summed E-state index contributed by atoms with van der Waals surface area (Å²) in [6.07, 6.45) is 0.465. The lowest BCUT2D eigenvalue weighted by Gasteiger charge is -2.22. The summed E-state index contributed by atoms with van der Waals surface area (Å²) in [4.78, 5) is 14.2. The van der Waals surface area contributed by atoms with E-state index in [9.17, 15) is 13.2 Å². The third kappa shape index (κ3) is 2.92. The van der Waals surface area contributed by atoms with Gasteiger partial charge in [0.15, 0.2) is 27.0 Å². The van der Waals surface area contributed by atoms with Crippen molar-refractivity contribution in [2.24, 2.45) is 7.05 Å². The second kappa shape index (κ2) is 6.01. The van der Waals surface area contributed by atoms with Gasteiger partial charge in [-0.3, -0.25) is 9.48 Å². The number of hydrogen-bond donors (Lipinski definition) is 0. The van der Waals surface area contributed by atoms with Crippen LogP contribution in [0, 0.1) is 0 Å². The molecule has 3 heterocycles. The van der Waals surface area contributed by atoms with E-state index in [0.717, 1.165) is 11.3 Å². The van der Waals surface area contributed by atoms with Crippen molar-refractivity contribution in [2.45, 2.75) is 12.5 Å². The Morgan fingerprint density at radius 1 is 1.27 bits per heavy atom. The molecule has 2 aromatic rings. The van der Waals surface area contributed by atoms with Gasteiger partial charge in [-0.25, -0.2) is 8.42 Å². The molecule has 4 rings (SSSR count). The number of ether oxygens (including phenoxy) is 2. The number of amides is 1. The van der Waals surface area contributed by atoms with Crippen LogP contribution < -0.4 is 9.47 Å². The first kappa shape index (κ1) is 16.9. The fourth-order valence-corrected chi connectivity index (χ4v) is 5.10. The molecule has 1 aromatic heterocycles. The predicted molar refractivity (Wildman–Crippen MR) is 93.9 cm³/mol. The lowest BCUT2D eigenvalue weighted by Crippen LogP contribution is -2.38. The molecule has 0 spiro atoms. The number of fused-ring (bicyclic) bond motifs is 1. The molecule has 2 aliphatic rings. The van der Waals surface area contributed by atoms with E-state index in [1.165, 1.54) is 4.90 Å². The summed E-state index contributed by atoms with van der Waals surface area (Å²) in [5, 5.41) is 4.31. The number of nitrogens with zero attached hydrogens (tertiary/aromatic N) is 3. The van der Waals surface area contributed by atoms with Crippen molar-refractivity contribution >= 4 is 15.7 Å². The van der Waals surface area contributed by atoms with Crippen molar-refractivity contribution in [3.05, 3.63) is 30.0 Å². The first-order chi connectivity index (χ1) is 12.3. The zero-order valence-corrected chi connectivity index (χ0v) is 15.3. The van der Waals surface area contributed by atoms with Gasteiger partial charge in [0.05, 0.1) is 17.2 Å². The van der Waals surface area contributed by atoms with Gasteiger partial charge in [0.2, 0.25) is 6.79 Å². The highest BCUT2D eigenvalue weighted by atomic mass is 32.2. The Labute approximate surface area is 151 Å². The molecule has 1 unspecified atom stereocenters. The quantitative estimate of drug-likeness (QED) is 0.795. The van der Waals surface area contributed by atoms with Gasteiger partial charge in [-0.05, 0) is 30.7 Å². The number of rotatable bonds is 3. The highest BCUT2D eigenvalue weighted by molar-refractivity contribution is 7.91. The number of carbonyl (C=O) groups excluding carboxylic acids is 1. The van der Waals surface area contributed by atoms with Crippen LogP contribution in [0.3, 0.4) is 0 Å². The van der Waals surface area contributed by atoms with Crippen molar-refractivity contribution in [1.29, 1.82) is 0 Å². The molecule has 26 heavy (non-hydrogen) atoms. The minimum Gasteiger partial charge on any atom is -0.454 e. The number of carbonyl (C=O) groups is 1. The summed E-state index contributed by atoms with van der Waals surface area (Å²) in [5.74, 6) is 1.20. The number of aryl methyl sites for hydroxylation is 1. The van der Waals surface area contributed by atoms with Crippen molar-refractivity contribution < 1.29 is 22.7 Å². The second-order valence-corrected chi connectivity index (χ2v) is 8.81. The molecule has 9 heteroatoms. The molecular weight excluding hydrogens is 358 g/mol. The first-order valence-electron chi connectivity index (χ1n) is 8.26. The molecule has 0 radical (unpaired) electrons. The van der Waals surface area contributed by atoms with Crippen LogP contribution in [0.25, 0.3) is 11.3 Å². The zero-order valence-electron chi connectivity index (χ0n) is 14.5. The molecule has 0 N–H and O–H groups in total. The van der Waals surface area contributed by atoms with Gasteiger partial charge in [0.1, 0.15) is 0 Å². The summed E-state index contributed by atoms with van der Waals surface area (Å²) in [6.45, 7) is 0.197. The molecule has 1 aromatic carbocycles. The lowest BCUT2D eigenvalue weighted by atomic mass is 10.1. The van der Waals surface area contributed by atoms with Crippen molar-refractivity contribution in [3.63, 3.8) is 0 Å². The number of benzene rings is 1. The van der Waals surface area contributed by atoms with Crippen molar-refractivity contribution in [2.75, 3.05) is 25.3 Å². The molecule has 0 saturated carbocycles. The summed E-state index contributed by atoms with van der Waals surface area (Å²) in [6, 6.07) is 6.96. The highest BCUT2D eigenvalue weighted by Crippen LogP contribution is 2.36. The Balaban J connectivity index is 1.59. The van der Waals surface area contributed by atoms with Crippen molar-refractivity contribution in [1.82, 2.24) is 14.7 Å². The molecule has 2 aliphatic heterocycles. The van der Waals surface area contributed by atoms with Gasteiger partial charge in [-0.1, -0.05) is 0 Å². The van der Waals surface area contributed by atoms with E-state index >= 15 is 0 Å². The van der Waals surface area contributed by atoms with Gasteiger partial charge in [0.25, 0.3) is 5.91 Å². The molecule has 1 atom stereocenters. The molecular formula is C17H19N3O5S. The fourth-order valence-electron chi connectivity index (χ4n) is 3.33. The molecule has 0 aliphatic carbocycles. The van der Waals surface area contributed by atoms with Gasteiger partial charge in [-0.15, -0.1) is 0 Å². The Kier molecular flexibility index (Phi) is 3.91. The Morgan fingerprint density at radius 3 is 2.77 bits per heavy atom. The fraction of sp³-hybridized carbons (Fsp3) is 0.412. The molecule has 1 fully saturated rings. The van der Waals surface area contributed by atoms with E-state index in [-0.39, 0.29) is 35.9 Å². The zero-order chi connectivity index (χ0) is 18.5. The Morgan fingerprint density at radius 2 is 2.04 bits per heavy atom. The number of sulfone groups is 1. The minimum atomic E-state index is -3.05. The summed E-state index contributed by atoms with van der Waals surface area (Å²) >= 11 is 0. The normalized spacial score (nSPS) is 20.3. The highest BCUT2D eigenvalue weighted by Gasteiger charge is 2.34. The van der Waals surface area contributed by atoms with Crippen LogP contribution in [0.15, 0.2) is 24.3 Å². The van der Waals surface area contributed by atoms with Crippen LogP contribution in [-0.4, -0.2) is 60.4 Å². The minimum absolute atomic E-state index is 0.0110. The first-order valence-corrected chi connectivity index (χ1v) is 10.1. The monoisotopic (exact) mass is 377 g/mol. The average molecular weight is 377 g/mol. The number of aromatic nitrogens is 2. The topological polar surface area (TPSA) is 90.7 Å². The van der Waals surface area contributed by atoms with Gasteiger partial charge in [-0.2, -0.15) is 5.10 Å². The van der Waals surface area contributed by atoms with E-state index in [1.54, 1.807) is 24.8 Å². The van der Waals surface area contributed by atoms with E-state index < -0.39 is 9.84 Å². The van der Waals surface area contributed by atoms with E-state index in [0.29, 0.717) is 17.9 Å². The van der Waals surface area contributed by atoms with Gasteiger partial charge < -0.3 is 14.4 Å². The maximum absolute atomic E-state index is 12.7. The molecule has 0 bridgehead atoms. The maximum atomic E-state index is 12.7. The summed E-state index contributed by atoms with van der Waals surface area (Å²) < 4.78 is 35.7. The largest absolute Gasteiger partial charge is 0.454 e. The predicted octanol–water partition coefficient (Wildman–Crippen LogP) is 1.07. The molecule has 1 saturated heterocycles. The molecule has 8 nitrogen and oxygen atoms in total. The standard InChI is InChI=1S/C17H19N3O5S/c1-19(12-5-6-26(22,23)9-12)17(21)13-8-14(20(2)18-13)11-3-4-15-16(7-11)25-10-24-15/h3-4,7-8,12H,5-6,9-10H2,1-2H3. The SMILES string of the molecule is CN(C(=O)c1cc(-c2ccc3c(c2)OCO3)n(C)n1)C1CCS(=O)(=O)C1. The lowest BCUT2D eigenvalue weighted by molar-refractivity contribution is 0.0741. The maximum Gasteiger partial charge on any atom is 0.274 e. The van der Waals surface area contributed by atoms with E-state index in [1.807, 2.05) is 18.2 Å². The summed E-state index contributed by atoms with van der Waals surface area (Å²) in [5.41, 5.74) is 1.90. The van der Waals surface area contributed by atoms with Gasteiger partial charge >= 0.3 is 0 Å². The van der Waals surface area contributed by atoms with Gasteiger partial charge in [0, 0.05) is 25.7 Å².